The van der Waals surface area contributed by atoms with Crippen LogP contribution in [0, 0.1) is 12.8 Å². The normalized spacial score (nSPS) is 16.3. The van der Waals surface area contributed by atoms with Crippen molar-refractivity contribution in [2.75, 3.05) is 7.11 Å². The van der Waals surface area contributed by atoms with Gasteiger partial charge in [0.15, 0.2) is 0 Å². The highest BCUT2D eigenvalue weighted by molar-refractivity contribution is 5.84. The summed E-state index contributed by atoms with van der Waals surface area (Å²) in [5, 5.41) is 2.86. The first-order chi connectivity index (χ1) is 10.6. The van der Waals surface area contributed by atoms with Crippen molar-refractivity contribution in [1.82, 2.24) is 5.32 Å². The van der Waals surface area contributed by atoms with Gasteiger partial charge in [-0.15, -0.1) is 0 Å². The molecule has 4 heteroatoms. The van der Waals surface area contributed by atoms with E-state index >= 15 is 0 Å². The van der Waals surface area contributed by atoms with Crippen molar-refractivity contribution < 1.29 is 14.3 Å². The third-order valence-corrected chi connectivity index (χ3v) is 4.46. The van der Waals surface area contributed by atoms with Crippen LogP contribution in [0.5, 0.6) is 0 Å². The Morgan fingerprint density at radius 1 is 1.27 bits per heavy atom. The summed E-state index contributed by atoms with van der Waals surface area (Å²) in [6.45, 7) is 2.00. The molecule has 120 valence electrons. The van der Waals surface area contributed by atoms with Crippen LogP contribution in [0.2, 0.25) is 0 Å². The van der Waals surface area contributed by atoms with E-state index in [-0.39, 0.29) is 11.9 Å². The summed E-state index contributed by atoms with van der Waals surface area (Å²) < 4.78 is 4.84. The fourth-order valence-corrected chi connectivity index (χ4v) is 3.12. The molecule has 1 fully saturated rings. The molecule has 4 nitrogen and oxygen atoms in total. The molecule has 1 aromatic carbocycles. The Balaban J connectivity index is 1.98. The van der Waals surface area contributed by atoms with Gasteiger partial charge in [-0.05, 0) is 36.8 Å². The first-order valence-electron chi connectivity index (χ1n) is 8.02. The summed E-state index contributed by atoms with van der Waals surface area (Å²) in [6, 6.07) is 7.28. The van der Waals surface area contributed by atoms with Crippen molar-refractivity contribution in [2.24, 2.45) is 5.92 Å². The molecule has 1 amide bonds. The number of esters is 1. The van der Waals surface area contributed by atoms with Gasteiger partial charge in [0.25, 0.3) is 0 Å². The van der Waals surface area contributed by atoms with Crippen LogP contribution >= 0.6 is 0 Å². The quantitative estimate of drug-likeness (QED) is 0.822. The molecule has 0 heterocycles. The summed E-state index contributed by atoms with van der Waals surface area (Å²) in [4.78, 5) is 24.1. The number of methoxy groups -OCH3 is 1. The number of amides is 1. The lowest BCUT2D eigenvalue weighted by molar-refractivity contribution is -0.145. The third-order valence-electron chi connectivity index (χ3n) is 4.46. The summed E-state index contributed by atoms with van der Waals surface area (Å²) in [6.07, 6.45) is 5.64. The predicted octanol–water partition coefficient (Wildman–Crippen LogP) is 2.78. The molecule has 0 bridgehead atoms. The molecule has 1 N–H and O–H groups in total. The Bertz CT molecular complexity index is 521. The van der Waals surface area contributed by atoms with Crippen LogP contribution in [0.25, 0.3) is 0 Å². The van der Waals surface area contributed by atoms with Crippen molar-refractivity contribution in [3.8, 4) is 0 Å². The molecule has 0 spiro atoms. The second-order valence-corrected chi connectivity index (χ2v) is 6.13. The monoisotopic (exact) mass is 303 g/mol. The minimum absolute atomic E-state index is 0.0455. The minimum Gasteiger partial charge on any atom is -0.467 e. The van der Waals surface area contributed by atoms with E-state index in [4.69, 9.17) is 4.74 Å². The van der Waals surface area contributed by atoms with Crippen LogP contribution in [0.1, 0.15) is 43.2 Å². The summed E-state index contributed by atoms with van der Waals surface area (Å²) >= 11 is 0. The lowest BCUT2D eigenvalue weighted by Gasteiger charge is -2.19. The minimum atomic E-state index is -0.611. The number of ether oxygens (including phenoxy) is 1. The lowest BCUT2D eigenvalue weighted by Crippen LogP contribution is -2.43. The first-order valence-corrected chi connectivity index (χ1v) is 8.02. The number of carbonyl (C=O) groups is 2. The van der Waals surface area contributed by atoms with Crippen LogP contribution in [0.15, 0.2) is 24.3 Å². The van der Waals surface area contributed by atoms with Crippen LogP contribution in [-0.4, -0.2) is 25.0 Å². The molecule has 1 aliphatic carbocycles. The highest BCUT2D eigenvalue weighted by atomic mass is 16.5. The molecule has 0 aliphatic heterocycles. The fourth-order valence-electron chi connectivity index (χ4n) is 3.12. The smallest absolute Gasteiger partial charge is 0.328 e. The number of carbonyl (C=O) groups excluding carboxylic acids is 2. The molecule has 1 saturated carbocycles. The molecule has 1 aliphatic rings. The molecule has 0 saturated heterocycles. The topological polar surface area (TPSA) is 55.4 Å². The van der Waals surface area contributed by atoms with Crippen molar-refractivity contribution in [3.05, 3.63) is 35.4 Å². The first kappa shape index (κ1) is 16.5. The second-order valence-electron chi connectivity index (χ2n) is 6.13. The lowest BCUT2D eigenvalue weighted by atomic mass is 10.00. The number of rotatable bonds is 6. The number of aryl methyl sites for hydroxylation is 1. The zero-order valence-electron chi connectivity index (χ0n) is 13.4. The van der Waals surface area contributed by atoms with Gasteiger partial charge in [0.1, 0.15) is 6.04 Å². The zero-order chi connectivity index (χ0) is 15.9. The van der Waals surface area contributed by atoms with Crippen LogP contribution in [0.4, 0.5) is 0 Å². The van der Waals surface area contributed by atoms with Crippen molar-refractivity contribution in [1.29, 1.82) is 0 Å². The molecule has 1 atom stereocenters. The van der Waals surface area contributed by atoms with Gasteiger partial charge in [0.05, 0.1) is 7.11 Å². The van der Waals surface area contributed by atoms with Gasteiger partial charge >= 0.3 is 5.97 Å². The maximum atomic E-state index is 12.2. The average molecular weight is 303 g/mol. The molecule has 0 unspecified atom stereocenters. The number of hydrogen-bond acceptors (Lipinski definition) is 3. The molecule has 0 radical (unpaired) electrons. The Labute approximate surface area is 132 Å². The van der Waals surface area contributed by atoms with Gasteiger partial charge in [-0.3, -0.25) is 4.79 Å². The Hall–Kier alpha value is -1.84. The van der Waals surface area contributed by atoms with Gasteiger partial charge in [0, 0.05) is 12.8 Å². The summed E-state index contributed by atoms with van der Waals surface area (Å²) in [5.41, 5.74) is 2.17. The van der Waals surface area contributed by atoms with E-state index in [1.54, 1.807) is 0 Å². The van der Waals surface area contributed by atoms with Crippen molar-refractivity contribution in [2.45, 2.75) is 51.5 Å². The molecular formula is C18H25NO3. The van der Waals surface area contributed by atoms with Gasteiger partial charge in [-0.25, -0.2) is 4.79 Å². The Morgan fingerprint density at radius 2 is 1.95 bits per heavy atom. The highest BCUT2D eigenvalue weighted by Gasteiger charge is 2.25. The maximum absolute atomic E-state index is 12.2. The summed E-state index contributed by atoms with van der Waals surface area (Å²) in [5.74, 6) is 0.0377. The average Bonchev–Trinajstić information content (AvgIpc) is 3.00. The van der Waals surface area contributed by atoms with E-state index in [0.717, 1.165) is 24.0 Å². The highest BCUT2D eigenvalue weighted by Crippen LogP contribution is 2.27. The molecule has 2 rings (SSSR count). The van der Waals surface area contributed by atoms with E-state index in [2.05, 4.69) is 5.32 Å². The van der Waals surface area contributed by atoms with E-state index in [1.165, 1.54) is 20.0 Å². The summed E-state index contributed by atoms with van der Waals surface area (Å²) in [7, 11) is 1.36. The second kappa shape index (κ2) is 7.97. The fraction of sp³-hybridized carbons (Fsp3) is 0.556. The predicted molar refractivity (Wildman–Crippen MR) is 85.4 cm³/mol. The number of nitrogens with one attached hydrogen (secondary N) is 1. The van der Waals surface area contributed by atoms with Gasteiger partial charge in [-0.2, -0.15) is 0 Å². The van der Waals surface area contributed by atoms with Crippen LogP contribution < -0.4 is 5.32 Å². The van der Waals surface area contributed by atoms with Crippen LogP contribution in [0.3, 0.4) is 0 Å². The van der Waals surface area contributed by atoms with Crippen molar-refractivity contribution in [3.63, 3.8) is 0 Å². The third kappa shape index (κ3) is 4.58. The zero-order valence-corrected chi connectivity index (χ0v) is 13.4. The molecule has 1 aromatic rings. The van der Waals surface area contributed by atoms with Gasteiger partial charge < -0.3 is 10.1 Å². The van der Waals surface area contributed by atoms with E-state index in [0.29, 0.717) is 18.8 Å². The molecular weight excluding hydrogens is 278 g/mol. The molecule has 0 aromatic heterocycles. The maximum Gasteiger partial charge on any atom is 0.328 e. The number of hydrogen-bond donors (Lipinski definition) is 1. The van der Waals surface area contributed by atoms with Gasteiger partial charge in [0.2, 0.25) is 5.91 Å². The standard InChI is InChI=1S/C18H25NO3/c1-13-7-3-6-10-15(13)12-16(18(21)22-2)19-17(20)11-14-8-4-5-9-14/h3,6-7,10,14,16H,4-5,8-9,11-12H2,1-2H3,(H,19,20)/t16-/m0/s1. The Kier molecular flexibility index (Phi) is 5.99. The van der Waals surface area contributed by atoms with E-state index in [1.807, 2.05) is 31.2 Å². The van der Waals surface area contributed by atoms with Crippen LogP contribution in [-0.2, 0) is 20.7 Å². The van der Waals surface area contributed by atoms with E-state index in [9.17, 15) is 9.59 Å². The Morgan fingerprint density at radius 3 is 2.59 bits per heavy atom. The van der Waals surface area contributed by atoms with Gasteiger partial charge in [-0.1, -0.05) is 37.1 Å². The largest absolute Gasteiger partial charge is 0.467 e. The number of benzene rings is 1. The van der Waals surface area contributed by atoms with Crippen molar-refractivity contribution >= 4 is 11.9 Å². The SMILES string of the molecule is COC(=O)[C@H](Cc1ccccc1C)NC(=O)CC1CCCC1. The molecule has 22 heavy (non-hydrogen) atoms. The van der Waals surface area contributed by atoms with E-state index < -0.39 is 6.04 Å².